The fraction of sp³-hybridized carbons (Fsp3) is 0.533. The van der Waals surface area contributed by atoms with Gasteiger partial charge in [0.2, 0.25) is 5.91 Å². The first-order chi connectivity index (χ1) is 9.43. The van der Waals surface area contributed by atoms with Crippen molar-refractivity contribution < 1.29 is 4.79 Å². The Morgan fingerprint density at radius 3 is 2.70 bits per heavy atom. The van der Waals surface area contributed by atoms with E-state index in [4.69, 9.17) is 5.73 Å². The van der Waals surface area contributed by atoms with Gasteiger partial charge >= 0.3 is 0 Å². The zero-order chi connectivity index (χ0) is 15.1. The fourth-order valence-electron chi connectivity index (χ4n) is 2.02. The van der Waals surface area contributed by atoms with E-state index < -0.39 is 0 Å². The van der Waals surface area contributed by atoms with Crippen molar-refractivity contribution in [2.75, 3.05) is 30.9 Å². The summed E-state index contributed by atoms with van der Waals surface area (Å²) in [7, 11) is 3.92. The molecule has 20 heavy (non-hydrogen) atoms. The summed E-state index contributed by atoms with van der Waals surface area (Å²) in [5.41, 5.74) is 7.35. The molecule has 1 rings (SSSR count). The second kappa shape index (κ2) is 8.27. The Morgan fingerprint density at radius 2 is 2.10 bits per heavy atom. The standard InChI is InChI=1S/C15H24BrN3O/c1-11(8-9-17)4-7-15(20)18-13-10-12(16)5-6-14(13)19(2)3/h5-6,10-11H,4,7-9,17H2,1-3H3,(H,18,20). The third-order valence-electron chi connectivity index (χ3n) is 3.24. The molecule has 0 aliphatic heterocycles. The molecular weight excluding hydrogens is 318 g/mol. The number of carbonyl (C=O) groups is 1. The molecule has 0 spiro atoms. The van der Waals surface area contributed by atoms with Crippen LogP contribution in [0.25, 0.3) is 0 Å². The van der Waals surface area contributed by atoms with Crippen LogP contribution in [0.2, 0.25) is 0 Å². The summed E-state index contributed by atoms with van der Waals surface area (Å²) < 4.78 is 0.954. The van der Waals surface area contributed by atoms with Gasteiger partial charge in [-0.3, -0.25) is 4.79 Å². The van der Waals surface area contributed by atoms with Gasteiger partial charge in [-0.15, -0.1) is 0 Å². The lowest BCUT2D eigenvalue weighted by Crippen LogP contribution is -2.17. The van der Waals surface area contributed by atoms with E-state index in [2.05, 4.69) is 28.2 Å². The van der Waals surface area contributed by atoms with Crippen molar-refractivity contribution >= 4 is 33.2 Å². The van der Waals surface area contributed by atoms with Crippen molar-refractivity contribution in [1.82, 2.24) is 0 Å². The number of anilines is 2. The average molecular weight is 342 g/mol. The summed E-state index contributed by atoms with van der Waals surface area (Å²) >= 11 is 3.43. The lowest BCUT2D eigenvalue weighted by Gasteiger charge is -2.18. The number of halogens is 1. The minimum absolute atomic E-state index is 0.0510. The van der Waals surface area contributed by atoms with Crippen LogP contribution in [0.3, 0.4) is 0 Å². The third-order valence-corrected chi connectivity index (χ3v) is 3.73. The van der Waals surface area contributed by atoms with Gasteiger partial charge in [0, 0.05) is 25.0 Å². The molecule has 0 aromatic heterocycles. The molecule has 1 atom stereocenters. The highest BCUT2D eigenvalue weighted by atomic mass is 79.9. The van der Waals surface area contributed by atoms with Crippen molar-refractivity contribution in [2.24, 2.45) is 11.7 Å². The predicted octanol–water partition coefficient (Wildman–Crippen LogP) is 3.22. The van der Waals surface area contributed by atoms with Gasteiger partial charge in [0.25, 0.3) is 0 Å². The van der Waals surface area contributed by atoms with E-state index in [1.54, 1.807) is 0 Å². The minimum Gasteiger partial charge on any atom is -0.376 e. The summed E-state index contributed by atoms with van der Waals surface area (Å²) in [5.74, 6) is 0.539. The molecule has 0 fully saturated rings. The van der Waals surface area contributed by atoms with Crippen molar-refractivity contribution in [1.29, 1.82) is 0 Å². The second-order valence-corrected chi connectivity index (χ2v) is 6.24. The summed E-state index contributed by atoms with van der Waals surface area (Å²) in [6.07, 6.45) is 2.36. The Kier molecular flexibility index (Phi) is 7.02. The molecule has 0 radical (unpaired) electrons. The minimum atomic E-state index is 0.0510. The number of nitrogens with one attached hydrogen (secondary N) is 1. The first kappa shape index (κ1) is 17.0. The maximum Gasteiger partial charge on any atom is 0.224 e. The molecule has 112 valence electrons. The van der Waals surface area contributed by atoms with Gasteiger partial charge < -0.3 is 16.0 Å². The van der Waals surface area contributed by atoms with Gasteiger partial charge in [-0.2, -0.15) is 0 Å². The van der Waals surface area contributed by atoms with Crippen LogP contribution >= 0.6 is 15.9 Å². The Hall–Kier alpha value is -1.07. The monoisotopic (exact) mass is 341 g/mol. The molecule has 1 aromatic rings. The molecule has 0 aliphatic carbocycles. The first-order valence-electron chi connectivity index (χ1n) is 6.90. The maximum atomic E-state index is 12.0. The van der Waals surface area contributed by atoms with Gasteiger partial charge in [0.15, 0.2) is 0 Å². The Balaban J connectivity index is 2.63. The lowest BCUT2D eigenvalue weighted by molar-refractivity contribution is -0.116. The quantitative estimate of drug-likeness (QED) is 0.800. The smallest absolute Gasteiger partial charge is 0.224 e. The maximum absolute atomic E-state index is 12.0. The van der Waals surface area contributed by atoms with E-state index in [1.165, 1.54) is 0 Å². The number of carbonyl (C=O) groups excluding carboxylic acids is 1. The fourth-order valence-corrected chi connectivity index (χ4v) is 2.38. The number of amides is 1. The molecular formula is C15H24BrN3O. The normalized spacial score (nSPS) is 12.1. The van der Waals surface area contributed by atoms with Gasteiger partial charge in [-0.05, 0) is 43.5 Å². The van der Waals surface area contributed by atoms with Gasteiger partial charge in [-0.1, -0.05) is 22.9 Å². The van der Waals surface area contributed by atoms with Crippen LogP contribution in [0.1, 0.15) is 26.2 Å². The molecule has 0 bridgehead atoms. The number of nitrogens with two attached hydrogens (primary N) is 1. The second-order valence-electron chi connectivity index (χ2n) is 5.33. The summed E-state index contributed by atoms with van der Waals surface area (Å²) in [4.78, 5) is 14.0. The molecule has 0 heterocycles. The van der Waals surface area contributed by atoms with Crippen molar-refractivity contribution in [3.63, 3.8) is 0 Å². The number of hydrogen-bond donors (Lipinski definition) is 2. The number of hydrogen-bond acceptors (Lipinski definition) is 3. The van der Waals surface area contributed by atoms with Crippen LogP contribution in [0, 0.1) is 5.92 Å². The van der Waals surface area contributed by atoms with Crippen molar-refractivity contribution in [3.8, 4) is 0 Å². The highest BCUT2D eigenvalue weighted by Crippen LogP contribution is 2.28. The highest BCUT2D eigenvalue weighted by Gasteiger charge is 2.10. The third kappa shape index (κ3) is 5.51. The van der Waals surface area contributed by atoms with Crippen LogP contribution in [0.15, 0.2) is 22.7 Å². The van der Waals surface area contributed by atoms with Gasteiger partial charge in [-0.25, -0.2) is 0 Å². The van der Waals surface area contributed by atoms with Crippen molar-refractivity contribution in [3.05, 3.63) is 22.7 Å². The largest absolute Gasteiger partial charge is 0.376 e. The topological polar surface area (TPSA) is 58.4 Å². The Morgan fingerprint density at radius 1 is 1.40 bits per heavy atom. The van der Waals surface area contributed by atoms with E-state index in [0.29, 0.717) is 18.9 Å². The molecule has 1 unspecified atom stereocenters. The van der Waals surface area contributed by atoms with E-state index in [1.807, 2.05) is 37.2 Å². The molecule has 0 saturated carbocycles. The molecule has 0 aliphatic rings. The van der Waals surface area contributed by atoms with Crippen LogP contribution in [-0.2, 0) is 4.79 Å². The van der Waals surface area contributed by atoms with Gasteiger partial charge in [0.1, 0.15) is 0 Å². The van der Waals surface area contributed by atoms with E-state index in [-0.39, 0.29) is 5.91 Å². The Bertz CT molecular complexity index is 449. The zero-order valence-electron chi connectivity index (χ0n) is 12.4. The van der Waals surface area contributed by atoms with Crippen LogP contribution in [0.4, 0.5) is 11.4 Å². The summed E-state index contributed by atoms with van der Waals surface area (Å²) in [6.45, 7) is 2.81. The number of benzene rings is 1. The van der Waals surface area contributed by atoms with E-state index >= 15 is 0 Å². The molecule has 1 aromatic carbocycles. The SMILES string of the molecule is CC(CCN)CCC(=O)Nc1cc(Br)ccc1N(C)C. The molecule has 0 saturated heterocycles. The summed E-state index contributed by atoms with van der Waals surface area (Å²) in [6, 6.07) is 5.88. The first-order valence-corrected chi connectivity index (χ1v) is 7.70. The van der Waals surface area contributed by atoms with E-state index in [9.17, 15) is 4.79 Å². The molecule has 5 heteroatoms. The van der Waals surface area contributed by atoms with Crippen LogP contribution < -0.4 is 16.0 Å². The van der Waals surface area contributed by atoms with Crippen LogP contribution in [0.5, 0.6) is 0 Å². The van der Waals surface area contributed by atoms with Gasteiger partial charge in [0.05, 0.1) is 11.4 Å². The molecule has 1 amide bonds. The predicted molar refractivity (Wildman–Crippen MR) is 89.2 cm³/mol. The zero-order valence-corrected chi connectivity index (χ0v) is 14.0. The lowest BCUT2D eigenvalue weighted by atomic mass is 10.0. The number of rotatable bonds is 7. The van der Waals surface area contributed by atoms with E-state index in [0.717, 1.165) is 28.7 Å². The number of nitrogens with zero attached hydrogens (tertiary/aromatic N) is 1. The molecule has 3 N–H and O–H groups in total. The Labute approximate surface area is 129 Å². The highest BCUT2D eigenvalue weighted by molar-refractivity contribution is 9.10. The van der Waals surface area contributed by atoms with Crippen molar-refractivity contribution in [2.45, 2.75) is 26.2 Å². The van der Waals surface area contributed by atoms with Crippen LogP contribution in [-0.4, -0.2) is 26.5 Å². The average Bonchev–Trinajstić information content (AvgIpc) is 2.36. The molecule has 4 nitrogen and oxygen atoms in total. The summed E-state index contributed by atoms with van der Waals surface area (Å²) in [5, 5.41) is 2.99.